The van der Waals surface area contributed by atoms with Crippen LogP contribution >= 0.6 is 11.8 Å². The number of halogens is 1. The van der Waals surface area contributed by atoms with E-state index in [0.29, 0.717) is 11.0 Å². The molecule has 1 aromatic heterocycles. The molecule has 1 aromatic carbocycles. The van der Waals surface area contributed by atoms with Gasteiger partial charge in [-0.05, 0) is 36.6 Å². The third-order valence-corrected chi connectivity index (χ3v) is 4.65. The van der Waals surface area contributed by atoms with Crippen LogP contribution in [0.1, 0.15) is 30.7 Å². The average Bonchev–Trinajstić information content (AvgIpc) is 2.90. The lowest BCUT2D eigenvalue weighted by molar-refractivity contribution is -0.120. The van der Waals surface area contributed by atoms with Crippen LogP contribution in [0, 0.1) is 5.82 Å². The van der Waals surface area contributed by atoms with Gasteiger partial charge in [0.1, 0.15) is 11.6 Å². The summed E-state index contributed by atoms with van der Waals surface area (Å²) in [7, 11) is 0. The molecule has 1 aliphatic rings. The third-order valence-electron chi connectivity index (χ3n) is 3.52. The number of amides is 1. The SMILES string of the molecule is O=C1NCCCCC1Sc1n[nH]c(C=Cc2ccc(F)cc2)n1. The summed E-state index contributed by atoms with van der Waals surface area (Å²) in [5.74, 6) is 0.397. The van der Waals surface area contributed by atoms with E-state index in [1.54, 1.807) is 18.2 Å². The molecule has 2 aromatic rings. The summed E-state index contributed by atoms with van der Waals surface area (Å²) in [5, 5.41) is 10.3. The minimum Gasteiger partial charge on any atom is -0.355 e. The Kier molecular flexibility index (Phi) is 5.07. The maximum absolute atomic E-state index is 12.8. The third kappa shape index (κ3) is 4.41. The second-order valence-electron chi connectivity index (χ2n) is 5.28. The van der Waals surface area contributed by atoms with Gasteiger partial charge in [0, 0.05) is 6.54 Å². The first-order chi connectivity index (χ1) is 11.2. The highest BCUT2D eigenvalue weighted by molar-refractivity contribution is 8.00. The largest absolute Gasteiger partial charge is 0.355 e. The summed E-state index contributed by atoms with van der Waals surface area (Å²) >= 11 is 1.38. The van der Waals surface area contributed by atoms with Gasteiger partial charge in [0.25, 0.3) is 0 Å². The number of H-pyrrole nitrogens is 1. The van der Waals surface area contributed by atoms with E-state index < -0.39 is 0 Å². The second-order valence-corrected chi connectivity index (χ2v) is 6.45. The fraction of sp³-hybridized carbons (Fsp3) is 0.312. The molecule has 5 nitrogen and oxygen atoms in total. The lowest BCUT2D eigenvalue weighted by Crippen LogP contribution is -2.30. The van der Waals surface area contributed by atoms with E-state index in [4.69, 9.17) is 0 Å². The Hall–Kier alpha value is -2.15. The highest BCUT2D eigenvalue weighted by Gasteiger charge is 2.23. The zero-order valence-electron chi connectivity index (χ0n) is 12.5. The number of nitrogens with zero attached hydrogens (tertiary/aromatic N) is 2. The molecule has 0 radical (unpaired) electrons. The van der Waals surface area contributed by atoms with E-state index in [1.165, 1.54) is 23.9 Å². The van der Waals surface area contributed by atoms with Crippen LogP contribution in [0.5, 0.6) is 0 Å². The summed E-state index contributed by atoms with van der Waals surface area (Å²) in [6.45, 7) is 0.746. The van der Waals surface area contributed by atoms with E-state index >= 15 is 0 Å². The summed E-state index contributed by atoms with van der Waals surface area (Å²) in [5.41, 5.74) is 0.875. The Morgan fingerprint density at radius 1 is 1.22 bits per heavy atom. The lowest BCUT2D eigenvalue weighted by Gasteiger charge is -2.09. The van der Waals surface area contributed by atoms with Crippen molar-refractivity contribution in [2.24, 2.45) is 0 Å². The van der Waals surface area contributed by atoms with Gasteiger partial charge in [-0.1, -0.05) is 36.4 Å². The highest BCUT2D eigenvalue weighted by Crippen LogP contribution is 2.25. The average molecular weight is 332 g/mol. The summed E-state index contributed by atoms with van der Waals surface area (Å²) in [6, 6.07) is 6.19. The molecule has 0 saturated carbocycles. The molecule has 7 heteroatoms. The zero-order valence-corrected chi connectivity index (χ0v) is 13.3. The van der Waals surface area contributed by atoms with Crippen molar-refractivity contribution < 1.29 is 9.18 Å². The quantitative estimate of drug-likeness (QED) is 0.903. The zero-order chi connectivity index (χ0) is 16.1. The number of carbonyl (C=O) groups excluding carboxylic acids is 1. The maximum Gasteiger partial charge on any atom is 0.233 e. The summed E-state index contributed by atoms with van der Waals surface area (Å²) in [6.07, 6.45) is 6.48. The van der Waals surface area contributed by atoms with Crippen LogP contribution in [0.4, 0.5) is 4.39 Å². The molecular weight excluding hydrogens is 315 g/mol. The molecule has 0 aliphatic carbocycles. The molecule has 1 amide bonds. The van der Waals surface area contributed by atoms with Crippen LogP contribution in [-0.4, -0.2) is 32.9 Å². The van der Waals surface area contributed by atoms with Crippen LogP contribution in [0.2, 0.25) is 0 Å². The van der Waals surface area contributed by atoms with Crippen molar-refractivity contribution in [1.29, 1.82) is 0 Å². The van der Waals surface area contributed by atoms with Gasteiger partial charge in [-0.25, -0.2) is 9.37 Å². The van der Waals surface area contributed by atoms with E-state index in [-0.39, 0.29) is 17.0 Å². The van der Waals surface area contributed by atoms with Crippen LogP contribution in [0.15, 0.2) is 29.4 Å². The molecule has 1 atom stereocenters. The predicted octanol–water partition coefficient (Wildman–Crippen LogP) is 2.88. The monoisotopic (exact) mass is 332 g/mol. The van der Waals surface area contributed by atoms with Crippen molar-refractivity contribution in [3.63, 3.8) is 0 Å². The topological polar surface area (TPSA) is 70.7 Å². The number of aromatic amines is 1. The van der Waals surface area contributed by atoms with E-state index in [0.717, 1.165) is 31.4 Å². The Morgan fingerprint density at radius 2 is 2.04 bits per heavy atom. The molecule has 2 heterocycles. The first-order valence-corrected chi connectivity index (χ1v) is 8.39. The fourth-order valence-corrected chi connectivity index (χ4v) is 3.26. The standard InChI is InChI=1S/C16H17FN4OS/c17-12-7-4-11(5-8-12)6-9-14-19-16(21-20-14)23-13-3-1-2-10-18-15(13)22/h4-9,13H,1-3,10H2,(H,18,22)(H,19,20,21). The Morgan fingerprint density at radius 3 is 2.87 bits per heavy atom. The van der Waals surface area contributed by atoms with Crippen LogP contribution in [0.25, 0.3) is 12.2 Å². The maximum atomic E-state index is 12.8. The predicted molar refractivity (Wildman–Crippen MR) is 88.2 cm³/mol. The Balaban J connectivity index is 1.63. The molecular formula is C16H17FN4OS. The van der Waals surface area contributed by atoms with Crippen molar-refractivity contribution in [3.05, 3.63) is 41.5 Å². The molecule has 3 rings (SSSR count). The molecule has 1 fully saturated rings. The second kappa shape index (κ2) is 7.41. The number of carbonyl (C=O) groups is 1. The first-order valence-electron chi connectivity index (χ1n) is 7.51. The summed E-state index contributed by atoms with van der Waals surface area (Å²) in [4.78, 5) is 16.3. The van der Waals surface area contributed by atoms with E-state index in [2.05, 4.69) is 20.5 Å². The number of nitrogens with one attached hydrogen (secondary N) is 2. The van der Waals surface area contributed by atoms with Crippen LogP contribution < -0.4 is 5.32 Å². The molecule has 0 bridgehead atoms. The van der Waals surface area contributed by atoms with Gasteiger partial charge in [-0.2, -0.15) is 0 Å². The van der Waals surface area contributed by atoms with E-state index in [1.807, 2.05) is 6.08 Å². The fourth-order valence-electron chi connectivity index (χ4n) is 2.29. The highest BCUT2D eigenvalue weighted by atomic mass is 32.2. The number of thioether (sulfide) groups is 1. The number of hydrogen-bond donors (Lipinski definition) is 2. The van der Waals surface area contributed by atoms with Crippen molar-refractivity contribution in [1.82, 2.24) is 20.5 Å². The normalized spacial score (nSPS) is 18.8. The van der Waals surface area contributed by atoms with Gasteiger partial charge < -0.3 is 5.32 Å². The smallest absolute Gasteiger partial charge is 0.233 e. The minimum atomic E-state index is -0.262. The number of hydrogen-bond acceptors (Lipinski definition) is 4. The number of aromatic nitrogens is 3. The van der Waals surface area contributed by atoms with Gasteiger partial charge in [0.15, 0.2) is 0 Å². The van der Waals surface area contributed by atoms with Gasteiger partial charge in [0.2, 0.25) is 11.1 Å². The van der Waals surface area contributed by atoms with Crippen LogP contribution in [0.3, 0.4) is 0 Å². The van der Waals surface area contributed by atoms with Crippen molar-refractivity contribution >= 4 is 29.8 Å². The summed E-state index contributed by atoms with van der Waals surface area (Å²) < 4.78 is 12.8. The lowest BCUT2D eigenvalue weighted by atomic mass is 10.2. The molecule has 1 aliphatic heterocycles. The first kappa shape index (κ1) is 15.7. The van der Waals surface area contributed by atoms with Gasteiger partial charge in [0.05, 0.1) is 5.25 Å². The van der Waals surface area contributed by atoms with Crippen molar-refractivity contribution in [2.45, 2.75) is 29.7 Å². The van der Waals surface area contributed by atoms with Crippen LogP contribution in [-0.2, 0) is 4.79 Å². The molecule has 120 valence electrons. The molecule has 1 saturated heterocycles. The molecule has 2 N–H and O–H groups in total. The van der Waals surface area contributed by atoms with E-state index in [9.17, 15) is 9.18 Å². The number of rotatable bonds is 4. The molecule has 1 unspecified atom stereocenters. The number of benzene rings is 1. The van der Waals surface area contributed by atoms with Gasteiger partial charge in [-0.3, -0.25) is 9.89 Å². The Bertz CT molecular complexity index is 698. The van der Waals surface area contributed by atoms with Crippen molar-refractivity contribution in [3.8, 4) is 0 Å². The van der Waals surface area contributed by atoms with Gasteiger partial charge in [-0.15, -0.1) is 5.10 Å². The Labute approximate surface area is 137 Å². The minimum absolute atomic E-state index is 0.0562. The molecule has 0 spiro atoms. The molecule has 23 heavy (non-hydrogen) atoms. The van der Waals surface area contributed by atoms with Gasteiger partial charge >= 0.3 is 0 Å². The van der Waals surface area contributed by atoms with Crippen molar-refractivity contribution in [2.75, 3.05) is 6.54 Å².